The van der Waals surface area contributed by atoms with Gasteiger partial charge in [-0.3, -0.25) is 4.79 Å². The third-order valence-corrected chi connectivity index (χ3v) is 9.98. The van der Waals surface area contributed by atoms with Crippen LogP contribution in [-0.4, -0.2) is 17.5 Å². The van der Waals surface area contributed by atoms with Gasteiger partial charge in [-0.15, -0.1) is 0 Å². The molecule has 4 rings (SSSR count). The van der Waals surface area contributed by atoms with Gasteiger partial charge in [0.15, 0.2) is 5.78 Å². The highest BCUT2D eigenvalue weighted by atomic mass is 16.3. The number of hydrogen-bond donors (Lipinski definition) is 1. The van der Waals surface area contributed by atoms with Crippen molar-refractivity contribution in [1.82, 2.24) is 0 Å². The van der Waals surface area contributed by atoms with E-state index >= 15 is 0 Å². The maximum atomic E-state index is 11.9. The van der Waals surface area contributed by atoms with E-state index in [2.05, 4.69) is 33.8 Å². The van der Waals surface area contributed by atoms with E-state index in [4.69, 9.17) is 0 Å². The number of aliphatic hydroxyl groups is 1. The summed E-state index contributed by atoms with van der Waals surface area (Å²) in [5.41, 5.74) is 2.05. The van der Waals surface area contributed by atoms with Crippen LogP contribution in [0.2, 0.25) is 0 Å². The van der Waals surface area contributed by atoms with Gasteiger partial charge in [-0.1, -0.05) is 52.2 Å². The molecule has 29 heavy (non-hydrogen) atoms. The molecule has 2 nitrogen and oxygen atoms in total. The number of aliphatic hydroxyl groups excluding tert-OH is 1. The van der Waals surface area contributed by atoms with Crippen molar-refractivity contribution in [2.24, 2.45) is 46.3 Å². The molecule has 0 spiro atoms. The topological polar surface area (TPSA) is 37.3 Å². The highest BCUT2D eigenvalue weighted by Crippen LogP contribution is 2.67. The Kier molecular flexibility index (Phi) is 5.88. The maximum Gasteiger partial charge on any atom is 0.178 e. The molecular formula is C27H42O2. The monoisotopic (exact) mass is 398 g/mol. The molecule has 8 atom stereocenters. The fourth-order valence-corrected chi connectivity index (χ4v) is 8.25. The fourth-order valence-electron chi connectivity index (χ4n) is 8.25. The summed E-state index contributed by atoms with van der Waals surface area (Å²) >= 11 is 0. The SMILES string of the molecule is CC(CO)CCC[C@@H](C)[C@H]1CC[C@H]2[C@@H]3CCC4=CC(=O)C=C[C@]4(C)[C@H]3CC[C@]12C. The van der Waals surface area contributed by atoms with Crippen molar-refractivity contribution in [2.75, 3.05) is 6.61 Å². The quantitative estimate of drug-likeness (QED) is 0.566. The predicted molar refractivity (Wildman–Crippen MR) is 119 cm³/mol. The summed E-state index contributed by atoms with van der Waals surface area (Å²) in [6.07, 6.45) is 17.7. The van der Waals surface area contributed by atoms with Crippen molar-refractivity contribution < 1.29 is 9.90 Å². The minimum absolute atomic E-state index is 0.127. The van der Waals surface area contributed by atoms with Crippen molar-refractivity contribution >= 4 is 5.78 Å². The van der Waals surface area contributed by atoms with Crippen LogP contribution in [0.15, 0.2) is 23.8 Å². The molecule has 0 aromatic heterocycles. The highest BCUT2D eigenvalue weighted by Gasteiger charge is 2.58. The second-order valence-corrected chi connectivity index (χ2v) is 11.5. The smallest absolute Gasteiger partial charge is 0.178 e. The number of hydrogen-bond acceptors (Lipinski definition) is 2. The van der Waals surface area contributed by atoms with Crippen LogP contribution in [0.3, 0.4) is 0 Å². The van der Waals surface area contributed by atoms with Crippen molar-refractivity contribution in [2.45, 2.75) is 85.5 Å². The molecule has 162 valence electrons. The fraction of sp³-hybridized carbons (Fsp3) is 0.815. The molecule has 4 aliphatic rings. The Labute approximate surface area is 178 Å². The minimum atomic E-state index is 0.127. The summed E-state index contributed by atoms with van der Waals surface area (Å²) < 4.78 is 0. The van der Waals surface area contributed by atoms with Gasteiger partial charge in [0.1, 0.15) is 0 Å². The van der Waals surface area contributed by atoms with Gasteiger partial charge in [-0.2, -0.15) is 0 Å². The Morgan fingerprint density at radius 2 is 1.90 bits per heavy atom. The van der Waals surface area contributed by atoms with E-state index in [-0.39, 0.29) is 11.2 Å². The van der Waals surface area contributed by atoms with E-state index in [0.29, 0.717) is 17.9 Å². The van der Waals surface area contributed by atoms with Crippen LogP contribution in [0.4, 0.5) is 0 Å². The first kappa shape index (κ1) is 21.3. The molecule has 0 aliphatic heterocycles. The van der Waals surface area contributed by atoms with E-state index in [0.717, 1.165) is 42.4 Å². The molecule has 0 heterocycles. The normalized spacial score (nSPS) is 43.2. The molecule has 0 bridgehead atoms. The van der Waals surface area contributed by atoms with Gasteiger partial charge < -0.3 is 5.11 Å². The Morgan fingerprint density at radius 3 is 2.66 bits per heavy atom. The van der Waals surface area contributed by atoms with E-state index in [1.54, 1.807) is 0 Å². The van der Waals surface area contributed by atoms with E-state index < -0.39 is 0 Å². The number of rotatable bonds is 6. The zero-order valence-corrected chi connectivity index (χ0v) is 19.1. The molecule has 0 amide bonds. The number of carbonyl (C=O) groups is 1. The van der Waals surface area contributed by atoms with Crippen LogP contribution in [0.1, 0.15) is 85.5 Å². The Bertz CT molecular complexity index is 691. The number of ketones is 1. The molecule has 3 saturated carbocycles. The molecule has 1 unspecified atom stereocenters. The van der Waals surface area contributed by atoms with Gasteiger partial charge >= 0.3 is 0 Å². The maximum absolute atomic E-state index is 11.9. The van der Waals surface area contributed by atoms with Crippen LogP contribution in [0.25, 0.3) is 0 Å². The lowest BCUT2D eigenvalue weighted by Crippen LogP contribution is -2.50. The Morgan fingerprint density at radius 1 is 1.10 bits per heavy atom. The van der Waals surface area contributed by atoms with Crippen LogP contribution < -0.4 is 0 Å². The van der Waals surface area contributed by atoms with E-state index in [1.165, 1.54) is 50.5 Å². The Hall–Kier alpha value is -0.890. The average molecular weight is 399 g/mol. The number of allylic oxidation sites excluding steroid dienone is 4. The van der Waals surface area contributed by atoms with Crippen molar-refractivity contribution in [3.05, 3.63) is 23.8 Å². The summed E-state index contributed by atoms with van der Waals surface area (Å²) in [5, 5.41) is 9.31. The first-order valence-corrected chi connectivity index (χ1v) is 12.3. The third-order valence-electron chi connectivity index (χ3n) is 9.98. The van der Waals surface area contributed by atoms with Gasteiger partial charge in [0.2, 0.25) is 0 Å². The van der Waals surface area contributed by atoms with Crippen LogP contribution in [0, 0.1) is 46.3 Å². The lowest BCUT2D eigenvalue weighted by Gasteiger charge is -2.57. The van der Waals surface area contributed by atoms with Crippen molar-refractivity contribution in [3.8, 4) is 0 Å². The molecule has 2 heteroatoms. The zero-order chi connectivity index (χ0) is 20.8. The minimum Gasteiger partial charge on any atom is -0.396 e. The molecule has 4 aliphatic carbocycles. The lowest BCUT2D eigenvalue weighted by atomic mass is 9.47. The average Bonchev–Trinajstić information content (AvgIpc) is 3.05. The van der Waals surface area contributed by atoms with Gasteiger partial charge in [-0.25, -0.2) is 0 Å². The van der Waals surface area contributed by atoms with E-state index in [9.17, 15) is 9.90 Å². The molecular weight excluding hydrogens is 356 g/mol. The highest BCUT2D eigenvalue weighted by molar-refractivity contribution is 6.01. The third kappa shape index (κ3) is 3.58. The van der Waals surface area contributed by atoms with Crippen molar-refractivity contribution in [1.29, 1.82) is 0 Å². The first-order valence-electron chi connectivity index (χ1n) is 12.3. The zero-order valence-electron chi connectivity index (χ0n) is 19.1. The Balaban J connectivity index is 1.47. The van der Waals surface area contributed by atoms with Gasteiger partial charge in [0, 0.05) is 12.0 Å². The predicted octanol–water partition coefficient (Wildman–Crippen LogP) is 6.35. The van der Waals surface area contributed by atoms with Crippen LogP contribution in [0.5, 0.6) is 0 Å². The summed E-state index contributed by atoms with van der Waals surface area (Å²) in [6.45, 7) is 10.0. The number of fused-ring (bicyclic) bond motifs is 5. The van der Waals surface area contributed by atoms with Gasteiger partial charge in [0.25, 0.3) is 0 Å². The molecule has 0 aromatic rings. The summed E-state index contributed by atoms with van der Waals surface area (Å²) in [6, 6.07) is 0. The van der Waals surface area contributed by atoms with Gasteiger partial charge in [-0.05, 0) is 98.0 Å². The largest absolute Gasteiger partial charge is 0.396 e. The van der Waals surface area contributed by atoms with Crippen LogP contribution >= 0.6 is 0 Å². The summed E-state index contributed by atoms with van der Waals surface area (Å²) in [5.74, 6) is 4.74. The second-order valence-electron chi connectivity index (χ2n) is 11.5. The van der Waals surface area contributed by atoms with Gasteiger partial charge in [0.05, 0.1) is 0 Å². The molecule has 0 aromatic carbocycles. The molecule has 0 saturated heterocycles. The molecule has 1 N–H and O–H groups in total. The lowest BCUT2D eigenvalue weighted by molar-refractivity contribution is -0.111. The number of carbonyl (C=O) groups excluding carboxylic acids is 1. The standard InChI is InChI=1S/C27H42O2/c1-18(17-28)6-5-7-19(2)23-10-11-24-22-9-8-20-16-21(29)12-14-26(20,3)25(22)13-15-27(23,24)4/h12,14,16,18-19,22-25,28H,5-11,13,15,17H2,1-4H3/t18?,19-,22+,23-,24+,25+,26+,27-/m1/s1. The summed E-state index contributed by atoms with van der Waals surface area (Å²) in [7, 11) is 0. The van der Waals surface area contributed by atoms with E-state index in [1.807, 2.05) is 12.2 Å². The first-order chi connectivity index (χ1) is 13.8. The molecule has 0 radical (unpaired) electrons. The summed E-state index contributed by atoms with van der Waals surface area (Å²) in [4.78, 5) is 11.9. The van der Waals surface area contributed by atoms with Crippen molar-refractivity contribution in [3.63, 3.8) is 0 Å². The second kappa shape index (κ2) is 7.98. The molecule has 3 fully saturated rings. The van der Waals surface area contributed by atoms with Crippen LogP contribution in [-0.2, 0) is 4.79 Å².